The lowest BCUT2D eigenvalue weighted by molar-refractivity contribution is -0.141. The maximum Gasteiger partial charge on any atom is 0.326 e. The first-order chi connectivity index (χ1) is 14.8. The molecule has 2 atom stereocenters. The quantitative estimate of drug-likeness (QED) is 0.240. The first-order valence-corrected chi connectivity index (χ1v) is 9.68. The largest absolute Gasteiger partial charge is 0.508 e. The van der Waals surface area contributed by atoms with Crippen LogP contribution in [0, 0.1) is 0 Å². The maximum absolute atomic E-state index is 12.6. The van der Waals surface area contributed by atoms with Crippen LogP contribution in [0.1, 0.15) is 11.1 Å². The highest BCUT2D eigenvalue weighted by Gasteiger charge is 2.25. The summed E-state index contributed by atoms with van der Waals surface area (Å²) in [6.07, 6.45) is 3.57. The third-order valence-electron chi connectivity index (χ3n) is 5.32. The smallest absolute Gasteiger partial charge is 0.326 e. The van der Waals surface area contributed by atoms with Crippen LogP contribution in [-0.4, -0.2) is 49.2 Å². The van der Waals surface area contributed by atoms with Gasteiger partial charge in [-0.05, 0) is 53.9 Å². The Morgan fingerprint density at radius 3 is 1.94 bits per heavy atom. The summed E-state index contributed by atoms with van der Waals surface area (Å²) in [5.41, 5.74) is 8.99. The number of aliphatic carboxylic acids is 1. The van der Waals surface area contributed by atoms with Gasteiger partial charge in [0.15, 0.2) is 0 Å². The normalized spacial score (nSPS) is 13.3. The zero-order chi connectivity index (χ0) is 22.1. The lowest BCUT2D eigenvalue weighted by Gasteiger charge is -2.17. The van der Waals surface area contributed by atoms with Gasteiger partial charge in [0, 0.05) is 40.6 Å². The van der Waals surface area contributed by atoms with Crippen LogP contribution in [-0.2, 0) is 22.4 Å². The van der Waals surface area contributed by atoms with E-state index in [2.05, 4.69) is 15.3 Å². The molecule has 31 heavy (non-hydrogen) atoms. The summed E-state index contributed by atoms with van der Waals surface area (Å²) in [4.78, 5) is 30.5. The maximum atomic E-state index is 12.6. The summed E-state index contributed by atoms with van der Waals surface area (Å²) < 4.78 is 0. The molecule has 0 radical (unpaired) electrons. The highest BCUT2D eigenvalue weighted by molar-refractivity contribution is 5.90. The van der Waals surface area contributed by atoms with E-state index < -0.39 is 24.0 Å². The van der Waals surface area contributed by atoms with Crippen molar-refractivity contribution in [3.8, 4) is 11.5 Å². The van der Waals surface area contributed by atoms with Gasteiger partial charge in [0.25, 0.3) is 0 Å². The van der Waals surface area contributed by atoms with Crippen LogP contribution in [0.25, 0.3) is 21.8 Å². The summed E-state index contributed by atoms with van der Waals surface area (Å²) in [5.74, 6) is -1.62. The average molecular weight is 422 g/mol. The van der Waals surface area contributed by atoms with Crippen LogP contribution in [0.5, 0.6) is 11.5 Å². The Morgan fingerprint density at radius 2 is 1.42 bits per heavy atom. The van der Waals surface area contributed by atoms with Crippen LogP contribution in [0.3, 0.4) is 0 Å². The van der Waals surface area contributed by atoms with Crippen molar-refractivity contribution >= 4 is 33.7 Å². The minimum Gasteiger partial charge on any atom is -0.508 e. The second-order valence-corrected chi connectivity index (χ2v) is 7.50. The second-order valence-electron chi connectivity index (χ2n) is 7.50. The molecule has 0 aliphatic heterocycles. The van der Waals surface area contributed by atoms with Gasteiger partial charge in [0.05, 0.1) is 6.04 Å². The van der Waals surface area contributed by atoms with Crippen LogP contribution < -0.4 is 11.1 Å². The van der Waals surface area contributed by atoms with E-state index in [4.69, 9.17) is 5.73 Å². The zero-order valence-corrected chi connectivity index (χ0v) is 16.4. The van der Waals surface area contributed by atoms with Crippen molar-refractivity contribution in [3.63, 3.8) is 0 Å². The Balaban J connectivity index is 1.48. The minimum absolute atomic E-state index is 0.0260. The molecule has 2 heterocycles. The van der Waals surface area contributed by atoms with Crippen molar-refractivity contribution in [2.75, 3.05) is 0 Å². The zero-order valence-electron chi connectivity index (χ0n) is 16.4. The molecule has 2 aromatic heterocycles. The number of rotatable bonds is 7. The number of carboxylic acids is 1. The van der Waals surface area contributed by atoms with E-state index in [1.807, 2.05) is 0 Å². The molecular weight excluding hydrogens is 400 g/mol. The third-order valence-corrected chi connectivity index (χ3v) is 5.32. The van der Waals surface area contributed by atoms with Gasteiger partial charge in [-0.2, -0.15) is 0 Å². The monoisotopic (exact) mass is 422 g/mol. The predicted molar refractivity (Wildman–Crippen MR) is 115 cm³/mol. The highest BCUT2D eigenvalue weighted by atomic mass is 16.4. The molecule has 0 fully saturated rings. The Morgan fingerprint density at radius 1 is 0.903 bits per heavy atom. The molecule has 2 aromatic carbocycles. The lowest BCUT2D eigenvalue weighted by Crippen LogP contribution is -2.50. The van der Waals surface area contributed by atoms with Crippen molar-refractivity contribution in [2.24, 2.45) is 5.73 Å². The number of benzene rings is 2. The van der Waals surface area contributed by atoms with Gasteiger partial charge < -0.3 is 36.3 Å². The molecule has 4 rings (SSSR count). The number of hydrogen-bond acceptors (Lipinski definition) is 5. The number of carboxylic acid groups (broad SMARTS) is 1. The number of hydrogen-bond donors (Lipinski definition) is 7. The van der Waals surface area contributed by atoms with Gasteiger partial charge in [-0.1, -0.05) is 0 Å². The molecule has 8 N–H and O–H groups in total. The Hall–Kier alpha value is -3.98. The summed E-state index contributed by atoms with van der Waals surface area (Å²) >= 11 is 0. The predicted octanol–water partition coefficient (Wildman–Crippen LogP) is 1.74. The third kappa shape index (κ3) is 4.17. The first-order valence-electron chi connectivity index (χ1n) is 9.68. The van der Waals surface area contributed by atoms with Crippen molar-refractivity contribution in [1.82, 2.24) is 15.3 Å². The van der Waals surface area contributed by atoms with E-state index in [0.717, 1.165) is 22.0 Å². The fraction of sp³-hybridized carbons (Fsp3) is 0.182. The molecule has 0 saturated carbocycles. The van der Waals surface area contributed by atoms with Crippen LogP contribution >= 0.6 is 0 Å². The van der Waals surface area contributed by atoms with E-state index in [0.29, 0.717) is 10.9 Å². The van der Waals surface area contributed by atoms with Gasteiger partial charge in [-0.15, -0.1) is 0 Å². The summed E-state index contributed by atoms with van der Waals surface area (Å²) in [6.45, 7) is 0. The lowest BCUT2D eigenvalue weighted by atomic mass is 10.0. The topological polar surface area (TPSA) is 164 Å². The van der Waals surface area contributed by atoms with Crippen molar-refractivity contribution in [1.29, 1.82) is 0 Å². The Kier molecular flexibility index (Phi) is 5.26. The van der Waals surface area contributed by atoms with E-state index in [9.17, 15) is 24.9 Å². The van der Waals surface area contributed by atoms with Gasteiger partial charge in [-0.25, -0.2) is 4.79 Å². The molecular formula is C22H22N4O5. The number of amides is 1. The molecule has 0 aliphatic rings. The molecule has 9 nitrogen and oxygen atoms in total. The standard InChI is InChI=1S/C22H22N4O5/c23-17(5-11-9-24-18-3-1-13(27)7-15(11)18)21(29)26-20(22(30)31)6-12-10-25-19-4-2-14(28)8-16(12)19/h1-4,7-10,17,20,24-25,27-28H,5-6,23H2,(H,26,29)(H,30,31). The van der Waals surface area contributed by atoms with Gasteiger partial charge >= 0.3 is 5.97 Å². The molecule has 4 aromatic rings. The van der Waals surface area contributed by atoms with Crippen molar-refractivity contribution in [2.45, 2.75) is 24.9 Å². The van der Waals surface area contributed by atoms with E-state index >= 15 is 0 Å². The molecule has 0 aliphatic carbocycles. The van der Waals surface area contributed by atoms with E-state index in [-0.39, 0.29) is 24.3 Å². The van der Waals surface area contributed by atoms with E-state index in [1.165, 1.54) is 6.07 Å². The molecule has 160 valence electrons. The first kappa shape index (κ1) is 20.3. The number of aromatic hydroxyl groups is 2. The molecule has 1 amide bonds. The fourth-order valence-electron chi connectivity index (χ4n) is 3.70. The number of carbonyl (C=O) groups excluding carboxylic acids is 1. The summed E-state index contributed by atoms with van der Waals surface area (Å²) in [5, 5.41) is 33.0. The average Bonchev–Trinajstić information content (AvgIpc) is 3.31. The molecule has 0 saturated heterocycles. The molecule has 0 bridgehead atoms. The number of H-pyrrole nitrogens is 2. The summed E-state index contributed by atoms with van der Waals surface area (Å²) in [7, 11) is 0. The van der Waals surface area contributed by atoms with Crippen molar-refractivity contribution in [3.05, 3.63) is 59.9 Å². The number of nitrogens with two attached hydrogens (primary N) is 1. The number of phenols is 2. The highest BCUT2D eigenvalue weighted by Crippen LogP contribution is 2.25. The number of carbonyl (C=O) groups is 2. The number of phenolic OH excluding ortho intramolecular Hbond substituents is 2. The Bertz CT molecular complexity index is 1280. The SMILES string of the molecule is NC(Cc1c[nH]c2ccc(O)cc12)C(=O)NC(Cc1c[nH]c2ccc(O)cc12)C(=O)O. The summed E-state index contributed by atoms with van der Waals surface area (Å²) in [6, 6.07) is 7.46. The number of aromatic amines is 2. The number of nitrogens with one attached hydrogen (secondary N) is 3. The Labute approximate surface area is 176 Å². The number of fused-ring (bicyclic) bond motifs is 2. The minimum atomic E-state index is -1.19. The second kappa shape index (κ2) is 8.04. The van der Waals surface area contributed by atoms with E-state index in [1.54, 1.807) is 42.7 Å². The fourth-order valence-corrected chi connectivity index (χ4v) is 3.70. The molecule has 9 heteroatoms. The van der Waals surface area contributed by atoms with Crippen LogP contribution in [0.15, 0.2) is 48.8 Å². The van der Waals surface area contributed by atoms with Gasteiger partial charge in [-0.3, -0.25) is 4.79 Å². The molecule has 0 spiro atoms. The molecule has 2 unspecified atom stereocenters. The van der Waals surface area contributed by atoms with Crippen molar-refractivity contribution < 1.29 is 24.9 Å². The van der Waals surface area contributed by atoms with Crippen LogP contribution in [0.4, 0.5) is 0 Å². The van der Waals surface area contributed by atoms with Gasteiger partial charge in [0.1, 0.15) is 17.5 Å². The number of aromatic nitrogens is 2. The van der Waals surface area contributed by atoms with Crippen LogP contribution in [0.2, 0.25) is 0 Å². The van der Waals surface area contributed by atoms with Gasteiger partial charge in [0.2, 0.25) is 5.91 Å².